The molecule has 0 spiro atoms. The fourth-order valence-electron chi connectivity index (χ4n) is 0.184. The summed E-state index contributed by atoms with van der Waals surface area (Å²) >= 11 is 0. The molecule has 8 nitrogen and oxygen atoms in total. The van der Waals surface area contributed by atoms with Gasteiger partial charge in [0.1, 0.15) is 0 Å². The molecule has 0 atom stereocenters. The summed E-state index contributed by atoms with van der Waals surface area (Å²) in [6.07, 6.45) is 0. The molecule has 0 rings (SSSR count). The van der Waals surface area contributed by atoms with E-state index in [1.807, 2.05) is 0 Å². The van der Waals surface area contributed by atoms with E-state index >= 15 is 0 Å². The summed E-state index contributed by atoms with van der Waals surface area (Å²) in [7, 11) is -9.96. The summed E-state index contributed by atoms with van der Waals surface area (Å²) in [5, 5.41) is 0. The molecular formula is H8Al2O8Si2. The zero-order valence-electron chi connectivity index (χ0n) is 5.75. The van der Waals surface area contributed by atoms with Gasteiger partial charge in [0.2, 0.25) is 0 Å². The highest BCUT2D eigenvalue weighted by atomic mass is 28.5. The van der Waals surface area contributed by atoms with Gasteiger partial charge in [-0.05, 0) is 0 Å². The number of hydrogen-bond donors (Lipinski definition) is 6. The van der Waals surface area contributed by atoms with Crippen LogP contribution in [-0.2, 0) is 4.12 Å². The van der Waals surface area contributed by atoms with Gasteiger partial charge in [0.15, 0.2) is 0 Å². The Morgan fingerprint density at radius 3 is 0.833 bits per heavy atom. The van der Waals surface area contributed by atoms with Gasteiger partial charge in [0, 0.05) is 34.7 Å². The van der Waals surface area contributed by atoms with Gasteiger partial charge in [-0.1, -0.05) is 0 Å². The third-order valence-corrected chi connectivity index (χ3v) is 2.46. The normalized spacial score (nSPS) is 10.5. The molecular weight excluding hydrogens is 238 g/mol. The van der Waals surface area contributed by atoms with E-state index in [0.29, 0.717) is 0 Å². The lowest BCUT2D eigenvalue weighted by Crippen LogP contribution is -2.53. The van der Waals surface area contributed by atoms with Crippen LogP contribution >= 0.6 is 0 Å². The second-order valence-corrected chi connectivity index (χ2v) is 4.36. The molecule has 0 aromatic rings. The summed E-state index contributed by atoms with van der Waals surface area (Å²) < 4.78 is 3.24. The lowest BCUT2D eigenvalue weighted by molar-refractivity contribution is 0.0406. The smallest absolute Gasteiger partial charge is 0.412 e. The second kappa shape index (κ2) is 7.57. The van der Waals surface area contributed by atoms with Gasteiger partial charge in [0.25, 0.3) is 0 Å². The Bertz CT molecular complexity index is 80.2. The molecule has 0 fully saturated rings. The number of rotatable bonds is 2. The standard InChI is InChI=1S/2Al.H6O7Si2.H2O/c;;1-8(2,3)7-9(4,5)6;/h;;1-6H;1H2. The highest BCUT2D eigenvalue weighted by molar-refractivity contribution is 6.63. The first-order valence-electron chi connectivity index (χ1n) is 1.75. The lowest BCUT2D eigenvalue weighted by Gasteiger charge is -2.13. The van der Waals surface area contributed by atoms with E-state index in [4.69, 9.17) is 28.8 Å². The molecule has 0 aliphatic carbocycles. The average Bonchev–Trinajstić information content (AvgIpc) is 1.14. The first-order chi connectivity index (χ1) is 3.71. The zero-order chi connectivity index (χ0) is 7.71. The Balaban J connectivity index is -0.000000107. The molecule has 0 aliphatic heterocycles. The maximum Gasteiger partial charge on any atom is 0.665 e. The minimum absolute atomic E-state index is 0. The topological polar surface area (TPSA) is 162 Å². The van der Waals surface area contributed by atoms with Crippen LogP contribution in [0.4, 0.5) is 0 Å². The minimum atomic E-state index is -4.98. The highest BCUT2D eigenvalue weighted by Crippen LogP contribution is 1.95. The average molecular weight is 246 g/mol. The fourth-order valence-corrected chi connectivity index (χ4v) is 1.65. The van der Waals surface area contributed by atoms with Crippen LogP contribution in [0, 0.1) is 0 Å². The van der Waals surface area contributed by atoms with E-state index in [2.05, 4.69) is 4.12 Å². The summed E-state index contributed by atoms with van der Waals surface area (Å²) in [5.41, 5.74) is 0. The molecule has 70 valence electrons. The van der Waals surface area contributed by atoms with Gasteiger partial charge in [-0.3, -0.25) is 0 Å². The van der Waals surface area contributed by atoms with E-state index < -0.39 is 18.1 Å². The van der Waals surface area contributed by atoms with Crippen LogP contribution in [0.3, 0.4) is 0 Å². The SMILES string of the molecule is O.O[Si](O)(O)O[Si](O)(O)O.[Al].[Al]. The molecule has 0 unspecified atom stereocenters. The summed E-state index contributed by atoms with van der Waals surface area (Å²) in [5.74, 6) is 0. The molecule has 0 bridgehead atoms. The van der Waals surface area contributed by atoms with Crippen molar-refractivity contribution in [3.05, 3.63) is 0 Å². The van der Waals surface area contributed by atoms with Gasteiger partial charge >= 0.3 is 18.1 Å². The van der Waals surface area contributed by atoms with Gasteiger partial charge in [0.05, 0.1) is 0 Å². The van der Waals surface area contributed by atoms with Crippen LogP contribution in [-0.4, -0.2) is 87.1 Å². The van der Waals surface area contributed by atoms with Crippen molar-refractivity contribution in [1.29, 1.82) is 0 Å². The molecule has 12 heteroatoms. The van der Waals surface area contributed by atoms with Crippen LogP contribution in [0.2, 0.25) is 0 Å². The third-order valence-electron chi connectivity index (χ3n) is 0.274. The Labute approximate surface area is 91.2 Å². The molecule has 0 aromatic heterocycles. The number of hydrogen-bond acceptors (Lipinski definition) is 7. The molecule has 12 heavy (non-hydrogen) atoms. The predicted octanol–water partition coefficient (Wildman–Crippen LogP) is -5.76. The van der Waals surface area contributed by atoms with Gasteiger partial charge in [-0.15, -0.1) is 0 Å². The van der Waals surface area contributed by atoms with Gasteiger partial charge < -0.3 is 38.4 Å². The van der Waals surface area contributed by atoms with Crippen LogP contribution in [0.25, 0.3) is 0 Å². The summed E-state index contributed by atoms with van der Waals surface area (Å²) in [6, 6.07) is 0. The van der Waals surface area contributed by atoms with Crippen molar-refractivity contribution in [1.82, 2.24) is 0 Å². The Morgan fingerprint density at radius 1 is 0.667 bits per heavy atom. The first kappa shape index (κ1) is 23.2. The van der Waals surface area contributed by atoms with Crippen LogP contribution < -0.4 is 0 Å². The van der Waals surface area contributed by atoms with Crippen molar-refractivity contribution in [2.45, 2.75) is 0 Å². The van der Waals surface area contributed by atoms with Crippen molar-refractivity contribution >= 4 is 52.8 Å². The second-order valence-electron chi connectivity index (χ2n) is 1.25. The molecule has 0 saturated heterocycles. The highest BCUT2D eigenvalue weighted by Gasteiger charge is 2.45. The Morgan fingerprint density at radius 2 is 0.833 bits per heavy atom. The zero-order valence-corrected chi connectivity index (χ0v) is 10.1. The molecule has 6 radical (unpaired) electrons. The lowest BCUT2D eigenvalue weighted by atomic mass is 15.6. The molecule has 0 heterocycles. The van der Waals surface area contributed by atoms with Crippen molar-refractivity contribution in [2.75, 3.05) is 0 Å². The quantitative estimate of drug-likeness (QED) is 0.264. The Kier molecular flexibility index (Phi) is 14.6. The van der Waals surface area contributed by atoms with Crippen molar-refractivity contribution in [3.63, 3.8) is 0 Å². The van der Waals surface area contributed by atoms with E-state index in [1.54, 1.807) is 0 Å². The maximum absolute atomic E-state index is 7.94. The Hall–Kier alpha value is 1.18. The molecule has 0 aromatic carbocycles. The van der Waals surface area contributed by atoms with Gasteiger partial charge in [-0.25, -0.2) is 0 Å². The van der Waals surface area contributed by atoms with E-state index in [0.717, 1.165) is 0 Å². The molecule has 0 amide bonds. The minimum Gasteiger partial charge on any atom is -0.412 e. The first-order valence-corrected chi connectivity index (χ1v) is 5.25. The maximum atomic E-state index is 7.94. The van der Waals surface area contributed by atoms with E-state index in [1.165, 1.54) is 0 Å². The van der Waals surface area contributed by atoms with Crippen LogP contribution in [0.15, 0.2) is 0 Å². The summed E-state index contributed by atoms with van der Waals surface area (Å²) in [6.45, 7) is 0. The molecule has 8 N–H and O–H groups in total. The summed E-state index contributed by atoms with van der Waals surface area (Å²) in [4.78, 5) is 47.6. The van der Waals surface area contributed by atoms with Crippen molar-refractivity contribution < 1.29 is 38.4 Å². The predicted molar refractivity (Wildman–Crippen MR) is 41.0 cm³/mol. The molecule has 0 aliphatic rings. The van der Waals surface area contributed by atoms with E-state index in [9.17, 15) is 0 Å². The molecule has 0 saturated carbocycles. The third kappa shape index (κ3) is 22.5. The largest absolute Gasteiger partial charge is 0.665 e. The van der Waals surface area contributed by atoms with Gasteiger partial charge in [-0.2, -0.15) is 0 Å². The monoisotopic (exact) mass is 246 g/mol. The van der Waals surface area contributed by atoms with Crippen molar-refractivity contribution in [2.24, 2.45) is 0 Å². The fraction of sp³-hybridized carbons (Fsp3) is 0. The van der Waals surface area contributed by atoms with E-state index in [-0.39, 0.29) is 40.2 Å². The van der Waals surface area contributed by atoms with Crippen LogP contribution in [0.5, 0.6) is 0 Å². The van der Waals surface area contributed by atoms with Crippen molar-refractivity contribution in [3.8, 4) is 0 Å². The van der Waals surface area contributed by atoms with Crippen LogP contribution in [0.1, 0.15) is 0 Å².